The van der Waals surface area contributed by atoms with Crippen molar-refractivity contribution in [3.8, 4) is 5.75 Å². The number of nitro groups is 1. The number of ether oxygens (including phenoxy) is 1. The molecule has 0 fully saturated rings. The third-order valence-electron chi connectivity index (χ3n) is 3.27. The fourth-order valence-corrected chi connectivity index (χ4v) is 2.29. The molecule has 6 heteroatoms. The lowest BCUT2D eigenvalue weighted by atomic mass is 10.1. The predicted molar refractivity (Wildman–Crippen MR) is 75.8 cm³/mol. The molecule has 20 heavy (non-hydrogen) atoms. The highest BCUT2D eigenvalue weighted by Crippen LogP contribution is 2.35. The van der Waals surface area contributed by atoms with E-state index in [1.54, 1.807) is 12.1 Å². The van der Waals surface area contributed by atoms with E-state index in [1.165, 1.54) is 6.07 Å². The van der Waals surface area contributed by atoms with Gasteiger partial charge in [0, 0.05) is 17.3 Å². The molecule has 0 aliphatic carbocycles. The molecule has 1 heterocycles. The van der Waals surface area contributed by atoms with Crippen molar-refractivity contribution in [2.75, 3.05) is 17.7 Å². The Morgan fingerprint density at radius 3 is 2.85 bits per heavy atom. The predicted octanol–water partition coefficient (Wildman–Crippen LogP) is 2.72. The molecule has 6 nitrogen and oxygen atoms in total. The van der Waals surface area contributed by atoms with Crippen LogP contribution in [-0.4, -0.2) is 11.5 Å². The molecule has 0 saturated carbocycles. The second-order valence-corrected chi connectivity index (χ2v) is 4.58. The SMILES string of the molecule is Nc1cc(NC2COc3ccccc32)ccc1[N+](=O)[O-]. The molecule has 0 radical (unpaired) electrons. The van der Waals surface area contributed by atoms with Gasteiger partial charge in [0.2, 0.25) is 0 Å². The van der Waals surface area contributed by atoms with Gasteiger partial charge in [-0.3, -0.25) is 10.1 Å². The summed E-state index contributed by atoms with van der Waals surface area (Å²) in [5, 5.41) is 14.0. The first kappa shape index (κ1) is 12.3. The van der Waals surface area contributed by atoms with Crippen LogP contribution in [0.2, 0.25) is 0 Å². The summed E-state index contributed by atoms with van der Waals surface area (Å²) in [4.78, 5) is 10.2. The largest absolute Gasteiger partial charge is 0.491 e. The molecule has 1 aliphatic heterocycles. The Labute approximate surface area is 115 Å². The Morgan fingerprint density at radius 2 is 2.10 bits per heavy atom. The van der Waals surface area contributed by atoms with E-state index in [-0.39, 0.29) is 17.4 Å². The highest BCUT2D eigenvalue weighted by atomic mass is 16.6. The van der Waals surface area contributed by atoms with Crippen molar-refractivity contribution in [3.63, 3.8) is 0 Å². The minimum Gasteiger partial charge on any atom is -0.491 e. The number of hydrogen-bond acceptors (Lipinski definition) is 5. The van der Waals surface area contributed by atoms with E-state index in [4.69, 9.17) is 10.5 Å². The standard InChI is InChI=1S/C14H13N3O3/c15-11-7-9(5-6-13(11)17(18)19)16-12-8-20-14-4-2-1-3-10(12)14/h1-7,12,16H,8,15H2. The van der Waals surface area contributed by atoms with E-state index < -0.39 is 4.92 Å². The van der Waals surface area contributed by atoms with Gasteiger partial charge in [0.1, 0.15) is 18.0 Å². The number of para-hydroxylation sites is 1. The van der Waals surface area contributed by atoms with Crippen molar-refractivity contribution in [2.45, 2.75) is 6.04 Å². The molecule has 0 aromatic heterocycles. The van der Waals surface area contributed by atoms with Crippen molar-refractivity contribution in [1.29, 1.82) is 0 Å². The first-order valence-electron chi connectivity index (χ1n) is 6.17. The lowest BCUT2D eigenvalue weighted by Gasteiger charge is -2.13. The summed E-state index contributed by atoms with van der Waals surface area (Å²) in [5.41, 5.74) is 7.55. The van der Waals surface area contributed by atoms with Gasteiger partial charge in [-0.15, -0.1) is 0 Å². The van der Waals surface area contributed by atoms with E-state index in [0.29, 0.717) is 6.61 Å². The zero-order valence-corrected chi connectivity index (χ0v) is 10.6. The fourth-order valence-electron chi connectivity index (χ4n) is 2.29. The van der Waals surface area contributed by atoms with Gasteiger partial charge in [-0.05, 0) is 18.2 Å². The summed E-state index contributed by atoms with van der Waals surface area (Å²) >= 11 is 0. The molecule has 3 N–H and O–H groups in total. The zero-order chi connectivity index (χ0) is 14.1. The number of nitro benzene ring substituents is 1. The van der Waals surface area contributed by atoms with Crippen LogP contribution < -0.4 is 15.8 Å². The topological polar surface area (TPSA) is 90.4 Å². The molecule has 0 saturated heterocycles. The molecule has 0 spiro atoms. The Hall–Kier alpha value is -2.76. The number of hydrogen-bond donors (Lipinski definition) is 2. The van der Waals surface area contributed by atoms with Gasteiger partial charge in [-0.2, -0.15) is 0 Å². The molecule has 1 unspecified atom stereocenters. The molecule has 2 aromatic rings. The highest BCUT2D eigenvalue weighted by Gasteiger charge is 2.23. The molecular formula is C14H13N3O3. The minimum absolute atomic E-state index is 0.0204. The maximum atomic E-state index is 10.7. The number of rotatable bonds is 3. The maximum Gasteiger partial charge on any atom is 0.292 e. The summed E-state index contributed by atoms with van der Waals surface area (Å²) in [5.74, 6) is 0.861. The quantitative estimate of drug-likeness (QED) is 0.509. The number of nitrogen functional groups attached to an aromatic ring is 1. The van der Waals surface area contributed by atoms with Crippen LogP contribution in [0.15, 0.2) is 42.5 Å². The Kier molecular flexibility index (Phi) is 2.90. The number of fused-ring (bicyclic) bond motifs is 1. The van der Waals surface area contributed by atoms with Gasteiger partial charge < -0.3 is 15.8 Å². The summed E-state index contributed by atoms with van der Waals surface area (Å²) in [7, 11) is 0. The Morgan fingerprint density at radius 1 is 1.30 bits per heavy atom. The summed E-state index contributed by atoms with van der Waals surface area (Å²) in [6.07, 6.45) is 0. The van der Waals surface area contributed by atoms with E-state index >= 15 is 0 Å². The second kappa shape index (κ2) is 4.73. The lowest BCUT2D eigenvalue weighted by molar-refractivity contribution is -0.383. The van der Waals surface area contributed by atoms with Crippen LogP contribution in [0.3, 0.4) is 0 Å². The van der Waals surface area contributed by atoms with Gasteiger partial charge in [-0.25, -0.2) is 0 Å². The van der Waals surface area contributed by atoms with Crippen molar-refractivity contribution in [3.05, 3.63) is 58.1 Å². The maximum absolute atomic E-state index is 10.7. The molecule has 1 atom stereocenters. The number of nitrogens with two attached hydrogens (primary N) is 1. The Balaban J connectivity index is 1.83. The van der Waals surface area contributed by atoms with Crippen LogP contribution in [0.1, 0.15) is 11.6 Å². The van der Waals surface area contributed by atoms with E-state index in [9.17, 15) is 10.1 Å². The molecule has 0 bridgehead atoms. The van der Waals surface area contributed by atoms with Crippen LogP contribution in [-0.2, 0) is 0 Å². The first-order valence-corrected chi connectivity index (χ1v) is 6.17. The molecule has 102 valence electrons. The number of benzene rings is 2. The van der Waals surface area contributed by atoms with Crippen LogP contribution in [0.4, 0.5) is 17.1 Å². The number of nitrogens with zero attached hydrogens (tertiary/aromatic N) is 1. The number of anilines is 2. The van der Waals surface area contributed by atoms with Gasteiger partial charge in [-0.1, -0.05) is 18.2 Å². The van der Waals surface area contributed by atoms with E-state index in [1.807, 2.05) is 24.3 Å². The van der Waals surface area contributed by atoms with Crippen molar-refractivity contribution >= 4 is 17.1 Å². The minimum atomic E-state index is -0.493. The smallest absolute Gasteiger partial charge is 0.292 e. The summed E-state index contributed by atoms with van der Waals surface area (Å²) in [6, 6.07) is 12.4. The summed E-state index contributed by atoms with van der Waals surface area (Å²) in [6.45, 7) is 0.524. The third-order valence-corrected chi connectivity index (χ3v) is 3.27. The van der Waals surface area contributed by atoms with E-state index in [2.05, 4.69) is 5.32 Å². The van der Waals surface area contributed by atoms with Crippen LogP contribution in [0, 0.1) is 10.1 Å². The molecular weight excluding hydrogens is 258 g/mol. The fraction of sp³-hybridized carbons (Fsp3) is 0.143. The van der Waals surface area contributed by atoms with E-state index in [0.717, 1.165) is 17.0 Å². The average Bonchev–Trinajstić information content (AvgIpc) is 2.82. The third kappa shape index (κ3) is 2.11. The van der Waals surface area contributed by atoms with Crippen LogP contribution in [0.5, 0.6) is 5.75 Å². The van der Waals surface area contributed by atoms with Gasteiger partial charge in [0.05, 0.1) is 11.0 Å². The van der Waals surface area contributed by atoms with Crippen LogP contribution >= 0.6 is 0 Å². The van der Waals surface area contributed by atoms with Gasteiger partial charge in [0.25, 0.3) is 5.69 Å². The van der Waals surface area contributed by atoms with Crippen molar-refractivity contribution in [1.82, 2.24) is 0 Å². The average molecular weight is 271 g/mol. The lowest BCUT2D eigenvalue weighted by Crippen LogP contribution is -2.12. The molecule has 3 rings (SSSR count). The molecule has 1 aliphatic rings. The molecule has 2 aromatic carbocycles. The van der Waals surface area contributed by atoms with Gasteiger partial charge >= 0.3 is 0 Å². The summed E-state index contributed by atoms with van der Waals surface area (Å²) < 4.78 is 5.57. The number of nitrogens with one attached hydrogen (secondary N) is 1. The monoisotopic (exact) mass is 271 g/mol. The molecule has 0 amide bonds. The Bertz CT molecular complexity index is 672. The second-order valence-electron chi connectivity index (χ2n) is 4.58. The van der Waals surface area contributed by atoms with Crippen molar-refractivity contribution in [2.24, 2.45) is 0 Å². The van der Waals surface area contributed by atoms with Gasteiger partial charge in [0.15, 0.2) is 0 Å². The zero-order valence-electron chi connectivity index (χ0n) is 10.6. The highest BCUT2D eigenvalue weighted by molar-refractivity contribution is 5.66. The van der Waals surface area contributed by atoms with Crippen LogP contribution in [0.25, 0.3) is 0 Å². The van der Waals surface area contributed by atoms with Crippen molar-refractivity contribution < 1.29 is 9.66 Å². The normalized spacial score (nSPS) is 16.3. The first-order chi connectivity index (χ1) is 9.65.